The van der Waals surface area contributed by atoms with Gasteiger partial charge in [-0.05, 0) is 17.7 Å². The minimum atomic E-state index is -1.29. The zero-order chi connectivity index (χ0) is 23.8. The fourth-order valence-electron chi connectivity index (χ4n) is 3.10. The summed E-state index contributed by atoms with van der Waals surface area (Å²) in [7, 11) is 0. The lowest BCUT2D eigenvalue weighted by atomic mass is 9.98. The number of rotatable bonds is 8. The molecular weight excluding hydrogens is 424 g/mol. The van der Waals surface area contributed by atoms with E-state index in [-0.39, 0.29) is 6.61 Å². The molecule has 2 unspecified atom stereocenters. The Bertz CT molecular complexity index is 847. The van der Waals surface area contributed by atoms with E-state index in [2.05, 4.69) is 6.58 Å². The fraction of sp³-hybridized carbons (Fsp3) is 0.455. The molecule has 0 N–H and O–H groups in total. The summed E-state index contributed by atoms with van der Waals surface area (Å²) in [6.45, 7) is 8.01. The quantitative estimate of drug-likeness (QED) is 0.428. The van der Waals surface area contributed by atoms with Crippen molar-refractivity contribution in [1.29, 1.82) is 0 Å². The average Bonchev–Trinajstić information content (AvgIpc) is 2.70. The van der Waals surface area contributed by atoms with Crippen molar-refractivity contribution < 1.29 is 47.6 Å². The van der Waals surface area contributed by atoms with E-state index in [9.17, 15) is 19.2 Å². The van der Waals surface area contributed by atoms with Crippen LogP contribution >= 0.6 is 0 Å². The van der Waals surface area contributed by atoms with Gasteiger partial charge in [-0.1, -0.05) is 24.8 Å². The van der Waals surface area contributed by atoms with Crippen molar-refractivity contribution in [2.75, 3.05) is 6.61 Å². The predicted octanol–water partition coefficient (Wildman–Crippen LogP) is 1.79. The summed E-state index contributed by atoms with van der Waals surface area (Å²) >= 11 is 0. The van der Waals surface area contributed by atoms with Gasteiger partial charge < -0.3 is 28.4 Å². The van der Waals surface area contributed by atoms with Gasteiger partial charge in [0.15, 0.2) is 12.2 Å². The summed E-state index contributed by atoms with van der Waals surface area (Å²) in [6, 6.07) is 6.78. The highest BCUT2D eigenvalue weighted by Crippen LogP contribution is 2.31. The van der Waals surface area contributed by atoms with Crippen LogP contribution in [0.4, 0.5) is 0 Å². The molecule has 1 aromatic carbocycles. The van der Waals surface area contributed by atoms with Crippen LogP contribution in [0, 0.1) is 0 Å². The van der Waals surface area contributed by atoms with E-state index in [4.69, 9.17) is 28.4 Å². The third kappa shape index (κ3) is 7.09. The molecule has 0 radical (unpaired) electrons. The molecule has 1 aromatic rings. The topological polar surface area (TPSA) is 124 Å². The monoisotopic (exact) mass is 450 g/mol. The van der Waals surface area contributed by atoms with Crippen molar-refractivity contribution >= 4 is 30.0 Å². The van der Waals surface area contributed by atoms with Gasteiger partial charge in [-0.15, -0.1) is 0 Å². The Balaban J connectivity index is 2.43. The molecule has 2 rings (SSSR count). The predicted molar refractivity (Wildman–Crippen MR) is 109 cm³/mol. The molecule has 1 aliphatic heterocycles. The van der Waals surface area contributed by atoms with Gasteiger partial charge in [0, 0.05) is 27.7 Å². The van der Waals surface area contributed by atoms with Crippen LogP contribution < -0.4 is 4.74 Å². The van der Waals surface area contributed by atoms with Crippen LogP contribution in [0.1, 0.15) is 33.3 Å². The summed E-state index contributed by atoms with van der Waals surface area (Å²) in [5.41, 5.74) is 0.846. The lowest BCUT2D eigenvalue weighted by molar-refractivity contribution is -0.288. The standard InChI is InChI=1S/C22H26O10/c1-6-16-7-9-17(10-8-16)31-22-21(30-15(5)26)20(29-14(4)25)19(28-13(3)24)18(32-22)11-27-12(2)23/h6-10,18-22H,1,11H2,2-5H3/t18?,19-,20+,21-,22?/m1/s1. The molecule has 0 spiro atoms. The molecule has 0 amide bonds. The van der Waals surface area contributed by atoms with E-state index in [0.29, 0.717) is 5.75 Å². The maximum atomic E-state index is 11.8. The number of benzene rings is 1. The Morgan fingerprint density at radius 1 is 0.844 bits per heavy atom. The van der Waals surface area contributed by atoms with Crippen molar-refractivity contribution in [3.05, 3.63) is 36.4 Å². The second-order valence-corrected chi connectivity index (χ2v) is 6.96. The molecule has 174 valence electrons. The molecule has 0 aromatic heterocycles. The minimum Gasteiger partial charge on any atom is -0.463 e. The summed E-state index contributed by atoms with van der Waals surface area (Å²) < 4.78 is 32.7. The highest BCUT2D eigenvalue weighted by molar-refractivity contribution is 5.68. The zero-order valence-electron chi connectivity index (χ0n) is 18.3. The van der Waals surface area contributed by atoms with Crippen LogP contribution in [0.2, 0.25) is 0 Å². The SMILES string of the molecule is C=Cc1ccc(OC2OC(COC(C)=O)[C@@H](OC(C)=O)[C@H](OC(C)=O)[C@H]2OC(C)=O)cc1. The maximum Gasteiger partial charge on any atom is 0.303 e. The third-order valence-corrected chi connectivity index (χ3v) is 4.32. The molecular formula is C22H26O10. The Kier molecular flexibility index (Phi) is 8.77. The van der Waals surface area contributed by atoms with Crippen LogP contribution in [-0.2, 0) is 42.9 Å². The third-order valence-electron chi connectivity index (χ3n) is 4.32. The first kappa shape index (κ1) is 24.9. The van der Waals surface area contributed by atoms with Gasteiger partial charge in [0.1, 0.15) is 18.5 Å². The summed E-state index contributed by atoms with van der Waals surface area (Å²) in [6.07, 6.45) is -4.50. The number of ether oxygens (including phenoxy) is 6. The van der Waals surface area contributed by atoms with Crippen molar-refractivity contribution in [2.24, 2.45) is 0 Å². The van der Waals surface area contributed by atoms with E-state index < -0.39 is 54.6 Å². The van der Waals surface area contributed by atoms with Crippen LogP contribution in [0.5, 0.6) is 5.75 Å². The Morgan fingerprint density at radius 2 is 1.38 bits per heavy atom. The van der Waals surface area contributed by atoms with Gasteiger partial charge in [0.25, 0.3) is 0 Å². The van der Waals surface area contributed by atoms with E-state index in [1.165, 1.54) is 6.92 Å². The molecule has 0 saturated carbocycles. The van der Waals surface area contributed by atoms with Gasteiger partial charge in [-0.3, -0.25) is 19.2 Å². The molecule has 10 heteroatoms. The van der Waals surface area contributed by atoms with Gasteiger partial charge in [-0.25, -0.2) is 0 Å². The average molecular weight is 450 g/mol. The number of carbonyl (C=O) groups is 4. The molecule has 0 aliphatic carbocycles. The second kappa shape index (κ2) is 11.3. The summed E-state index contributed by atoms with van der Waals surface area (Å²) in [5.74, 6) is -2.36. The molecule has 1 saturated heterocycles. The second-order valence-electron chi connectivity index (χ2n) is 6.96. The van der Waals surface area contributed by atoms with Gasteiger partial charge in [0.05, 0.1) is 0 Å². The Hall–Kier alpha value is -3.40. The van der Waals surface area contributed by atoms with E-state index in [1.807, 2.05) is 0 Å². The number of hydrogen-bond donors (Lipinski definition) is 0. The zero-order valence-corrected chi connectivity index (χ0v) is 18.3. The summed E-state index contributed by atoms with van der Waals surface area (Å²) in [5, 5.41) is 0. The fourth-order valence-corrected chi connectivity index (χ4v) is 3.10. The van der Waals surface area contributed by atoms with E-state index >= 15 is 0 Å². The lowest BCUT2D eigenvalue weighted by Gasteiger charge is -2.43. The first-order chi connectivity index (χ1) is 15.1. The van der Waals surface area contributed by atoms with Gasteiger partial charge in [0.2, 0.25) is 12.4 Å². The van der Waals surface area contributed by atoms with E-state index in [1.54, 1.807) is 30.3 Å². The van der Waals surface area contributed by atoms with Crippen LogP contribution in [0.15, 0.2) is 30.8 Å². The largest absolute Gasteiger partial charge is 0.463 e. The minimum absolute atomic E-state index is 0.326. The smallest absolute Gasteiger partial charge is 0.303 e. The Labute approximate surface area is 185 Å². The Morgan fingerprint density at radius 3 is 1.88 bits per heavy atom. The van der Waals surface area contributed by atoms with Crippen LogP contribution in [0.25, 0.3) is 6.08 Å². The molecule has 10 nitrogen and oxygen atoms in total. The van der Waals surface area contributed by atoms with Crippen molar-refractivity contribution in [3.63, 3.8) is 0 Å². The first-order valence-electron chi connectivity index (χ1n) is 9.80. The number of carbonyl (C=O) groups excluding carboxylic acids is 4. The van der Waals surface area contributed by atoms with Crippen LogP contribution in [0.3, 0.4) is 0 Å². The van der Waals surface area contributed by atoms with Crippen molar-refractivity contribution in [2.45, 2.75) is 58.4 Å². The molecule has 1 aliphatic rings. The first-order valence-corrected chi connectivity index (χ1v) is 9.80. The van der Waals surface area contributed by atoms with Crippen molar-refractivity contribution in [3.8, 4) is 5.75 Å². The molecule has 5 atom stereocenters. The summed E-state index contributed by atoms with van der Waals surface area (Å²) in [4.78, 5) is 46.6. The van der Waals surface area contributed by atoms with Crippen molar-refractivity contribution in [1.82, 2.24) is 0 Å². The molecule has 32 heavy (non-hydrogen) atoms. The lowest BCUT2D eigenvalue weighted by Crippen LogP contribution is -2.63. The highest BCUT2D eigenvalue weighted by atomic mass is 16.7. The number of hydrogen-bond acceptors (Lipinski definition) is 10. The van der Waals surface area contributed by atoms with Gasteiger partial charge >= 0.3 is 23.9 Å². The van der Waals surface area contributed by atoms with E-state index in [0.717, 1.165) is 26.3 Å². The van der Waals surface area contributed by atoms with Gasteiger partial charge in [-0.2, -0.15) is 0 Å². The molecule has 0 bridgehead atoms. The molecule has 1 fully saturated rings. The molecule has 1 heterocycles. The highest BCUT2D eigenvalue weighted by Gasteiger charge is 2.53. The number of esters is 4. The normalized spacial score (nSPS) is 24.6. The maximum absolute atomic E-state index is 11.8. The van der Waals surface area contributed by atoms with Crippen LogP contribution in [-0.4, -0.2) is 61.2 Å².